The molecule has 0 amide bonds. The Morgan fingerprint density at radius 1 is 0.966 bits per heavy atom. The van der Waals surface area contributed by atoms with Crippen molar-refractivity contribution in [2.24, 2.45) is 5.73 Å². The van der Waals surface area contributed by atoms with Crippen LogP contribution in [0, 0.1) is 0 Å². The van der Waals surface area contributed by atoms with E-state index < -0.39 is 11.5 Å². The van der Waals surface area contributed by atoms with Crippen molar-refractivity contribution in [1.82, 2.24) is 0 Å². The lowest BCUT2D eigenvalue weighted by Gasteiger charge is -2.31. The third-order valence-corrected chi connectivity index (χ3v) is 5.45. The first-order valence-electron chi connectivity index (χ1n) is 9.11. The Morgan fingerprint density at radius 2 is 1.69 bits per heavy atom. The topological polar surface area (TPSA) is 72.6 Å². The highest BCUT2D eigenvalue weighted by Gasteiger charge is 2.37. The van der Waals surface area contributed by atoms with E-state index in [9.17, 15) is 9.90 Å². The van der Waals surface area contributed by atoms with Crippen molar-refractivity contribution in [2.45, 2.75) is 24.8 Å². The van der Waals surface area contributed by atoms with Crippen molar-refractivity contribution in [3.05, 3.63) is 82.9 Å². The van der Waals surface area contributed by atoms with Crippen LogP contribution >= 0.6 is 24.0 Å². The second-order valence-electron chi connectivity index (χ2n) is 7.21. The Morgan fingerprint density at radius 3 is 2.41 bits per heavy atom. The summed E-state index contributed by atoms with van der Waals surface area (Å²) in [5.41, 5.74) is 9.00. The van der Waals surface area contributed by atoms with E-state index in [0.29, 0.717) is 35.8 Å². The molecular formula is C23H21Cl2NO3. The van der Waals surface area contributed by atoms with Crippen LogP contribution in [0.25, 0.3) is 11.1 Å². The summed E-state index contributed by atoms with van der Waals surface area (Å²) >= 11 is 5.96. The quantitative estimate of drug-likeness (QED) is 0.574. The number of ether oxygens (including phenoxy) is 1. The Hall–Kier alpha value is -2.53. The summed E-state index contributed by atoms with van der Waals surface area (Å²) < 4.78 is 6.04. The first kappa shape index (κ1) is 21.2. The van der Waals surface area contributed by atoms with Crippen molar-refractivity contribution < 1.29 is 14.6 Å². The van der Waals surface area contributed by atoms with Crippen LogP contribution in [0.5, 0.6) is 11.5 Å². The highest BCUT2D eigenvalue weighted by Crippen LogP contribution is 2.33. The fraction of sp³-hybridized carbons (Fsp3) is 0.174. The minimum Gasteiger partial charge on any atom is -0.480 e. The van der Waals surface area contributed by atoms with Gasteiger partial charge in [0.1, 0.15) is 17.0 Å². The Labute approximate surface area is 180 Å². The Balaban J connectivity index is 0.00000240. The highest BCUT2D eigenvalue weighted by molar-refractivity contribution is 6.30. The molecule has 0 fully saturated rings. The molecule has 0 bridgehead atoms. The maximum absolute atomic E-state index is 11.5. The average Bonchev–Trinajstić information content (AvgIpc) is 2.68. The zero-order valence-corrected chi connectivity index (χ0v) is 17.2. The van der Waals surface area contributed by atoms with Crippen LogP contribution < -0.4 is 10.5 Å². The predicted molar refractivity (Wildman–Crippen MR) is 117 cm³/mol. The molecular weight excluding hydrogens is 409 g/mol. The van der Waals surface area contributed by atoms with Gasteiger partial charge in [-0.15, -0.1) is 12.4 Å². The number of aryl methyl sites for hydroxylation is 1. The Bertz CT molecular complexity index is 1040. The molecule has 1 unspecified atom stereocenters. The average molecular weight is 430 g/mol. The first-order valence-corrected chi connectivity index (χ1v) is 9.49. The lowest BCUT2D eigenvalue weighted by atomic mass is 9.78. The SMILES string of the molecule is Cl.NC1(C(=O)O)CCc2ccc(Oc3cccc(-c4ccc(Cl)cc4)c3)cc2C1. The van der Waals surface area contributed by atoms with E-state index in [-0.39, 0.29) is 12.4 Å². The zero-order chi connectivity index (χ0) is 19.7. The molecule has 3 aromatic rings. The molecule has 0 spiro atoms. The van der Waals surface area contributed by atoms with Crippen molar-refractivity contribution in [3.63, 3.8) is 0 Å². The minimum atomic E-state index is -1.21. The van der Waals surface area contributed by atoms with Gasteiger partial charge in [-0.3, -0.25) is 4.79 Å². The van der Waals surface area contributed by atoms with E-state index >= 15 is 0 Å². The molecule has 3 aromatic carbocycles. The normalized spacial score (nSPS) is 17.7. The van der Waals surface area contributed by atoms with E-state index in [1.54, 1.807) is 0 Å². The summed E-state index contributed by atoms with van der Waals surface area (Å²) in [6.45, 7) is 0. The Kier molecular flexibility index (Phi) is 6.18. The van der Waals surface area contributed by atoms with Gasteiger partial charge in [0.15, 0.2) is 0 Å². The highest BCUT2D eigenvalue weighted by atomic mass is 35.5. The van der Waals surface area contributed by atoms with Crippen molar-refractivity contribution >= 4 is 30.0 Å². The van der Waals surface area contributed by atoms with Gasteiger partial charge >= 0.3 is 5.97 Å². The second kappa shape index (κ2) is 8.46. The molecule has 0 saturated carbocycles. The summed E-state index contributed by atoms with van der Waals surface area (Å²) in [5.74, 6) is 0.419. The smallest absolute Gasteiger partial charge is 0.324 e. The van der Waals surface area contributed by atoms with Crippen molar-refractivity contribution in [1.29, 1.82) is 0 Å². The number of rotatable bonds is 4. The van der Waals surface area contributed by atoms with E-state index in [2.05, 4.69) is 0 Å². The second-order valence-corrected chi connectivity index (χ2v) is 7.64. The van der Waals surface area contributed by atoms with E-state index in [0.717, 1.165) is 22.3 Å². The van der Waals surface area contributed by atoms with Crippen LogP contribution in [-0.4, -0.2) is 16.6 Å². The number of carbonyl (C=O) groups is 1. The van der Waals surface area contributed by atoms with Gasteiger partial charge in [0.05, 0.1) is 0 Å². The van der Waals surface area contributed by atoms with E-state index in [1.165, 1.54) is 0 Å². The summed E-state index contributed by atoms with van der Waals surface area (Å²) in [6, 6.07) is 21.3. The molecule has 1 aliphatic rings. The maximum atomic E-state index is 11.5. The number of hydrogen-bond donors (Lipinski definition) is 2. The van der Waals surface area contributed by atoms with Crippen LogP contribution in [0.1, 0.15) is 17.5 Å². The molecule has 1 atom stereocenters. The maximum Gasteiger partial charge on any atom is 0.324 e. The fourth-order valence-electron chi connectivity index (χ4n) is 3.56. The van der Waals surface area contributed by atoms with Gasteiger partial charge in [0.25, 0.3) is 0 Å². The summed E-state index contributed by atoms with van der Waals surface area (Å²) in [6.07, 6.45) is 1.41. The molecule has 0 aromatic heterocycles. The third kappa shape index (κ3) is 4.56. The van der Waals surface area contributed by atoms with Gasteiger partial charge in [0, 0.05) is 11.4 Å². The van der Waals surface area contributed by atoms with Crippen LogP contribution in [-0.2, 0) is 17.6 Å². The predicted octanol–water partition coefficient (Wildman–Crippen LogP) is 5.49. The monoisotopic (exact) mass is 429 g/mol. The summed E-state index contributed by atoms with van der Waals surface area (Å²) in [5, 5.41) is 10.1. The van der Waals surface area contributed by atoms with Crippen LogP contribution in [0.3, 0.4) is 0 Å². The molecule has 4 nitrogen and oxygen atoms in total. The number of halogens is 2. The molecule has 0 saturated heterocycles. The minimum absolute atomic E-state index is 0. The number of nitrogens with two attached hydrogens (primary N) is 1. The molecule has 29 heavy (non-hydrogen) atoms. The van der Waals surface area contributed by atoms with Gasteiger partial charge in [-0.1, -0.05) is 41.9 Å². The van der Waals surface area contributed by atoms with Crippen molar-refractivity contribution in [3.8, 4) is 22.6 Å². The third-order valence-electron chi connectivity index (χ3n) is 5.20. The molecule has 4 rings (SSSR count). The van der Waals surface area contributed by atoms with Gasteiger partial charge in [-0.2, -0.15) is 0 Å². The van der Waals surface area contributed by atoms with E-state index in [4.69, 9.17) is 22.1 Å². The summed E-state index contributed by atoms with van der Waals surface area (Å²) in [4.78, 5) is 11.5. The standard InChI is InChI=1S/C23H20ClNO3.ClH/c24-19-7-4-15(5-8-19)17-2-1-3-20(12-17)28-21-9-6-16-10-11-23(25,22(26)27)14-18(16)13-21;/h1-9,12-13H,10-11,14,25H2,(H,26,27);1H. The number of fused-ring (bicyclic) bond motifs is 1. The lowest BCUT2D eigenvalue weighted by molar-refractivity contribution is -0.143. The van der Waals surface area contributed by atoms with Gasteiger partial charge in [-0.25, -0.2) is 0 Å². The van der Waals surface area contributed by atoms with Crippen LogP contribution in [0.2, 0.25) is 5.02 Å². The van der Waals surface area contributed by atoms with Crippen molar-refractivity contribution in [2.75, 3.05) is 0 Å². The molecule has 150 valence electrons. The zero-order valence-electron chi connectivity index (χ0n) is 15.6. The van der Waals surface area contributed by atoms with E-state index in [1.807, 2.05) is 66.7 Å². The molecule has 3 N–H and O–H groups in total. The molecule has 0 radical (unpaired) electrons. The number of benzene rings is 3. The van der Waals surface area contributed by atoms with Gasteiger partial charge < -0.3 is 15.6 Å². The first-order chi connectivity index (χ1) is 13.4. The summed E-state index contributed by atoms with van der Waals surface area (Å²) in [7, 11) is 0. The number of carboxylic acid groups (broad SMARTS) is 1. The van der Waals surface area contributed by atoms with Crippen LogP contribution in [0.15, 0.2) is 66.7 Å². The number of carboxylic acids is 1. The van der Waals surface area contributed by atoms with Gasteiger partial charge in [-0.05, 0) is 71.5 Å². The largest absolute Gasteiger partial charge is 0.480 e. The molecule has 1 aliphatic carbocycles. The molecule has 0 aliphatic heterocycles. The number of aliphatic carboxylic acids is 1. The van der Waals surface area contributed by atoms with Gasteiger partial charge in [0.2, 0.25) is 0 Å². The number of hydrogen-bond acceptors (Lipinski definition) is 3. The van der Waals surface area contributed by atoms with Crippen LogP contribution in [0.4, 0.5) is 0 Å². The lowest BCUT2D eigenvalue weighted by Crippen LogP contribution is -2.52. The fourth-order valence-corrected chi connectivity index (χ4v) is 3.69. The molecule has 0 heterocycles. The molecule has 6 heteroatoms.